The second-order valence-corrected chi connectivity index (χ2v) is 11.6. The Morgan fingerprint density at radius 1 is 0.641 bits per heavy atom. The standard InChI is InChI=1S/C32H59N5O2/c1-4-5-6-7-8-9-10-11-13-16-19-22-25-33-26-23-20-17-14-12-15-18-21-24-27-37-31(38)29-30(34-28-35(29)2)36(3)32(37)39/h28,33H,4-27H2,1-3H3. The number of nitrogens with one attached hydrogen (secondary N) is 1. The number of rotatable bonds is 25. The Hall–Kier alpha value is -1.89. The third-order valence-corrected chi connectivity index (χ3v) is 8.14. The zero-order chi connectivity index (χ0) is 28.1. The number of hydrogen-bond donors (Lipinski definition) is 1. The molecule has 0 spiro atoms. The van der Waals surface area contributed by atoms with Crippen molar-refractivity contribution in [2.75, 3.05) is 13.1 Å². The zero-order valence-corrected chi connectivity index (χ0v) is 25.7. The van der Waals surface area contributed by atoms with Gasteiger partial charge in [0.25, 0.3) is 5.56 Å². The third kappa shape index (κ3) is 12.9. The number of fused-ring (bicyclic) bond motifs is 1. The van der Waals surface area contributed by atoms with Gasteiger partial charge >= 0.3 is 5.69 Å². The highest BCUT2D eigenvalue weighted by Gasteiger charge is 2.14. The number of hydrogen-bond acceptors (Lipinski definition) is 4. The van der Waals surface area contributed by atoms with Gasteiger partial charge in [0.2, 0.25) is 0 Å². The molecule has 7 heteroatoms. The number of unbranched alkanes of at least 4 members (excludes halogenated alkanes) is 19. The lowest BCUT2D eigenvalue weighted by atomic mass is 10.1. The van der Waals surface area contributed by atoms with Gasteiger partial charge in [-0.1, -0.05) is 122 Å². The van der Waals surface area contributed by atoms with E-state index < -0.39 is 0 Å². The van der Waals surface area contributed by atoms with Gasteiger partial charge in [0.15, 0.2) is 11.2 Å². The van der Waals surface area contributed by atoms with Crippen LogP contribution in [0.2, 0.25) is 0 Å². The van der Waals surface area contributed by atoms with Crippen LogP contribution in [0.5, 0.6) is 0 Å². The summed E-state index contributed by atoms with van der Waals surface area (Å²) in [7, 11) is 3.48. The molecule has 0 aliphatic rings. The normalized spacial score (nSPS) is 11.7. The lowest BCUT2D eigenvalue weighted by molar-refractivity contribution is 0.509. The van der Waals surface area contributed by atoms with E-state index in [0.717, 1.165) is 12.8 Å². The van der Waals surface area contributed by atoms with Gasteiger partial charge < -0.3 is 9.88 Å². The first kappa shape index (κ1) is 33.3. The van der Waals surface area contributed by atoms with E-state index in [1.807, 2.05) is 0 Å². The van der Waals surface area contributed by atoms with Crippen molar-refractivity contribution >= 4 is 11.2 Å². The molecule has 0 aliphatic carbocycles. The second-order valence-electron chi connectivity index (χ2n) is 11.6. The summed E-state index contributed by atoms with van der Waals surface area (Å²) in [6.45, 7) is 5.13. The summed E-state index contributed by atoms with van der Waals surface area (Å²) in [5, 5.41) is 3.63. The molecule has 0 aromatic carbocycles. The number of aryl methyl sites for hydroxylation is 2. The molecule has 2 heterocycles. The van der Waals surface area contributed by atoms with Crippen LogP contribution in [-0.4, -0.2) is 31.8 Å². The van der Waals surface area contributed by atoms with Crippen molar-refractivity contribution in [3.8, 4) is 0 Å². The van der Waals surface area contributed by atoms with E-state index >= 15 is 0 Å². The summed E-state index contributed by atoms with van der Waals surface area (Å²) in [5.41, 5.74) is 0.460. The van der Waals surface area contributed by atoms with E-state index in [1.54, 1.807) is 25.0 Å². The Bertz CT molecular complexity index is 1010. The molecule has 0 saturated carbocycles. The summed E-state index contributed by atoms with van der Waals surface area (Å²) in [6, 6.07) is 0. The van der Waals surface area contributed by atoms with Crippen LogP contribution in [-0.2, 0) is 20.6 Å². The van der Waals surface area contributed by atoms with Crippen molar-refractivity contribution in [2.45, 2.75) is 148 Å². The predicted molar refractivity (Wildman–Crippen MR) is 166 cm³/mol. The van der Waals surface area contributed by atoms with E-state index in [0.29, 0.717) is 17.7 Å². The molecule has 0 aliphatic heterocycles. The molecule has 2 rings (SSSR count). The van der Waals surface area contributed by atoms with Gasteiger partial charge in [-0.3, -0.25) is 13.9 Å². The zero-order valence-electron chi connectivity index (χ0n) is 25.7. The van der Waals surface area contributed by atoms with Crippen molar-refractivity contribution < 1.29 is 0 Å². The maximum Gasteiger partial charge on any atom is 0.332 e. The molecule has 0 atom stereocenters. The van der Waals surface area contributed by atoms with Crippen molar-refractivity contribution in [3.05, 3.63) is 27.2 Å². The lowest BCUT2D eigenvalue weighted by Gasteiger charge is -2.08. The first-order valence-electron chi connectivity index (χ1n) is 16.4. The van der Waals surface area contributed by atoms with E-state index in [1.165, 1.54) is 144 Å². The summed E-state index contributed by atoms with van der Waals surface area (Å²) >= 11 is 0. The first-order valence-corrected chi connectivity index (χ1v) is 16.4. The van der Waals surface area contributed by atoms with Gasteiger partial charge in [-0.25, -0.2) is 9.78 Å². The first-order chi connectivity index (χ1) is 19.1. The topological polar surface area (TPSA) is 73.8 Å². The molecule has 7 nitrogen and oxygen atoms in total. The van der Waals surface area contributed by atoms with Crippen molar-refractivity contribution in [1.29, 1.82) is 0 Å². The molecule has 0 unspecified atom stereocenters. The minimum absolute atomic E-state index is 0.225. The van der Waals surface area contributed by atoms with Gasteiger partial charge in [0, 0.05) is 20.6 Å². The SMILES string of the molecule is CCCCCCCCCCCCCCNCCCCCCCCCCCn1c(=O)c2c(ncn2C)n(C)c1=O. The van der Waals surface area contributed by atoms with Crippen molar-refractivity contribution in [2.24, 2.45) is 14.1 Å². The smallest absolute Gasteiger partial charge is 0.328 e. The van der Waals surface area contributed by atoms with Crippen LogP contribution in [0.1, 0.15) is 142 Å². The Kier molecular flexibility index (Phi) is 17.9. The van der Waals surface area contributed by atoms with Gasteiger partial charge in [-0.15, -0.1) is 0 Å². The lowest BCUT2D eigenvalue weighted by Crippen LogP contribution is -2.39. The Morgan fingerprint density at radius 3 is 1.56 bits per heavy atom. The predicted octanol–water partition coefficient (Wildman–Crippen LogP) is 7.24. The van der Waals surface area contributed by atoms with Crippen LogP contribution >= 0.6 is 0 Å². The molecule has 2 aromatic rings. The van der Waals surface area contributed by atoms with Gasteiger partial charge in [-0.2, -0.15) is 0 Å². The minimum Gasteiger partial charge on any atom is -0.328 e. The maximum absolute atomic E-state index is 12.7. The quantitative estimate of drug-likeness (QED) is 0.134. The molecule has 0 fully saturated rings. The van der Waals surface area contributed by atoms with Crippen LogP contribution in [0.3, 0.4) is 0 Å². The average molecular weight is 546 g/mol. The monoisotopic (exact) mass is 545 g/mol. The van der Waals surface area contributed by atoms with E-state index in [4.69, 9.17) is 0 Å². The summed E-state index contributed by atoms with van der Waals surface area (Å²) < 4.78 is 4.55. The average Bonchev–Trinajstić information content (AvgIpc) is 3.33. The number of aromatic nitrogens is 4. The summed E-state index contributed by atoms with van der Waals surface area (Å²) in [4.78, 5) is 29.5. The molecular weight excluding hydrogens is 486 g/mol. The summed E-state index contributed by atoms with van der Waals surface area (Å²) in [5.74, 6) is 0. The second kappa shape index (κ2) is 20.9. The van der Waals surface area contributed by atoms with Crippen LogP contribution in [0.15, 0.2) is 15.9 Å². The van der Waals surface area contributed by atoms with Crippen LogP contribution in [0.4, 0.5) is 0 Å². The number of nitrogens with zero attached hydrogens (tertiary/aromatic N) is 4. The molecular formula is C32H59N5O2. The molecule has 0 radical (unpaired) electrons. The van der Waals surface area contributed by atoms with Crippen LogP contribution < -0.4 is 16.6 Å². The Morgan fingerprint density at radius 2 is 1.08 bits per heavy atom. The Balaban J connectivity index is 1.33. The highest BCUT2D eigenvalue weighted by molar-refractivity contribution is 5.69. The molecule has 0 amide bonds. The molecule has 0 saturated heterocycles. The molecule has 224 valence electrons. The van der Waals surface area contributed by atoms with Gasteiger partial charge in [0.05, 0.1) is 6.33 Å². The highest BCUT2D eigenvalue weighted by Crippen LogP contribution is 2.12. The van der Waals surface area contributed by atoms with Gasteiger partial charge in [0.1, 0.15) is 0 Å². The number of imidazole rings is 1. The molecule has 1 N–H and O–H groups in total. The van der Waals surface area contributed by atoms with Crippen molar-refractivity contribution in [1.82, 2.24) is 24.0 Å². The largest absolute Gasteiger partial charge is 0.332 e. The van der Waals surface area contributed by atoms with Crippen LogP contribution in [0.25, 0.3) is 11.2 Å². The Labute approximate surface area is 237 Å². The molecule has 0 bridgehead atoms. The summed E-state index contributed by atoms with van der Waals surface area (Å²) in [6.07, 6.45) is 29.5. The van der Waals surface area contributed by atoms with E-state index in [2.05, 4.69) is 17.2 Å². The fraction of sp³-hybridized carbons (Fsp3) is 0.844. The van der Waals surface area contributed by atoms with Gasteiger partial charge in [-0.05, 0) is 32.4 Å². The fourth-order valence-corrected chi connectivity index (χ4v) is 5.57. The maximum atomic E-state index is 12.7. The minimum atomic E-state index is -0.269. The molecule has 39 heavy (non-hydrogen) atoms. The molecule has 2 aromatic heterocycles. The fourth-order valence-electron chi connectivity index (χ4n) is 5.57. The van der Waals surface area contributed by atoms with E-state index in [-0.39, 0.29) is 11.2 Å². The van der Waals surface area contributed by atoms with Crippen molar-refractivity contribution in [3.63, 3.8) is 0 Å². The third-order valence-electron chi connectivity index (χ3n) is 8.14. The highest BCUT2D eigenvalue weighted by atomic mass is 16.2. The van der Waals surface area contributed by atoms with E-state index in [9.17, 15) is 9.59 Å². The van der Waals surface area contributed by atoms with Crippen LogP contribution in [0, 0.1) is 0 Å².